The second kappa shape index (κ2) is 2.19. The number of azide groups is 1. The van der Waals surface area contributed by atoms with Crippen molar-refractivity contribution in [3.8, 4) is 0 Å². The van der Waals surface area contributed by atoms with Gasteiger partial charge in [-0.3, -0.25) is 0 Å². The first-order valence-electron chi connectivity index (χ1n) is 2.25. The van der Waals surface area contributed by atoms with E-state index in [4.69, 9.17) is 5.53 Å². The summed E-state index contributed by atoms with van der Waals surface area (Å²) >= 11 is 0. The van der Waals surface area contributed by atoms with Crippen LogP contribution in [-0.4, -0.2) is 12.6 Å². The highest BCUT2D eigenvalue weighted by molar-refractivity contribution is 5.85. The normalized spacial score (nSPS) is 16.0. The number of carbonyl (C=O) groups is 1. The van der Waals surface area contributed by atoms with Crippen molar-refractivity contribution in [3.05, 3.63) is 22.2 Å². The molecule has 0 N–H and O–H groups in total. The molecule has 0 unspecified atom stereocenters. The van der Waals surface area contributed by atoms with Crippen LogP contribution in [0.1, 0.15) is 0 Å². The Morgan fingerprint density at radius 3 is 3.11 bits per heavy atom. The molecule has 46 valence electrons. The third-order valence-corrected chi connectivity index (χ3v) is 0.820. The molecule has 0 aromatic rings. The van der Waals surface area contributed by atoms with E-state index >= 15 is 0 Å². The van der Waals surface area contributed by atoms with E-state index in [1.54, 1.807) is 0 Å². The van der Waals surface area contributed by atoms with Gasteiger partial charge in [0.1, 0.15) is 6.61 Å². The first kappa shape index (κ1) is 5.65. The minimum absolute atomic E-state index is 0.100. The smallest absolute Gasteiger partial charge is 0.331 e. The lowest BCUT2D eigenvalue weighted by molar-refractivity contribution is -0.134. The van der Waals surface area contributed by atoms with Crippen molar-refractivity contribution in [1.82, 2.24) is 0 Å². The van der Waals surface area contributed by atoms with Crippen molar-refractivity contribution < 1.29 is 9.53 Å². The van der Waals surface area contributed by atoms with Crippen LogP contribution < -0.4 is 0 Å². The molecule has 0 amide bonds. The van der Waals surface area contributed by atoms with Crippen molar-refractivity contribution in [3.63, 3.8) is 0 Å². The van der Waals surface area contributed by atoms with Crippen LogP contribution in [-0.2, 0) is 9.53 Å². The molecule has 0 saturated carbocycles. The van der Waals surface area contributed by atoms with Crippen molar-refractivity contribution in [1.29, 1.82) is 0 Å². The highest BCUT2D eigenvalue weighted by Crippen LogP contribution is 2.05. The molecule has 0 aromatic carbocycles. The standard InChI is InChI=1S/C4H3N3O2/c5-7-6-3-1-4(8)9-2-3/h1H,2H2. The van der Waals surface area contributed by atoms with Gasteiger partial charge in [-0.15, -0.1) is 0 Å². The molecule has 1 aliphatic heterocycles. The Morgan fingerprint density at radius 1 is 1.89 bits per heavy atom. The predicted octanol–water partition coefficient (Wildman–Crippen LogP) is 0.737. The zero-order chi connectivity index (χ0) is 6.69. The van der Waals surface area contributed by atoms with Gasteiger partial charge >= 0.3 is 5.97 Å². The van der Waals surface area contributed by atoms with Crippen LogP contribution in [0.3, 0.4) is 0 Å². The summed E-state index contributed by atoms with van der Waals surface area (Å²) in [6.07, 6.45) is 1.17. The summed E-state index contributed by atoms with van der Waals surface area (Å²) in [7, 11) is 0. The van der Waals surface area contributed by atoms with Crippen molar-refractivity contribution in [2.75, 3.05) is 6.61 Å². The van der Waals surface area contributed by atoms with E-state index < -0.39 is 5.97 Å². The number of carbonyl (C=O) groups excluding carboxylic acids is 1. The lowest BCUT2D eigenvalue weighted by atomic mass is 10.5. The van der Waals surface area contributed by atoms with E-state index in [1.807, 2.05) is 0 Å². The van der Waals surface area contributed by atoms with E-state index in [1.165, 1.54) is 6.08 Å². The minimum atomic E-state index is -0.447. The van der Waals surface area contributed by atoms with Crippen molar-refractivity contribution in [2.45, 2.75) is 0 Å². The number of nitrogens with zero attached hydrogens (tertiary/aromatic N) is 3. The molecular formula is C4H3N3O2. The molecule has 5 heteroatoms. The van der Waals surface area contributed by atoms with Gasteiger partial charge in [-0.05, 0) is 5.53 Å². The lowest BCUT2D eigenvalue weighted by Gasteiger charge is -1.85. The molecule has 0 aliphatic carbocycles. The Labute approximate surface area is 50.5 Å². The number of hydrogen-bond acceptors (Lipinski definition) is 3. The highest BCUT2D eigenvalue weighted by Gasteiger charge is 2.09. The SMILES string of the molecule is [N-]=[N+]=NC1=CC(=O)OC1. The van der Waals surface area contributed by atoms with Gasteiger partial charge in [-0.1, -0.05) is 5.11 Å². The number of esters is 1. The largest absolute Gasteiger partial charge is 0.458 e. The highest BCUT2D eigenvalue weighted by atomic mass is 16.5. The zero-order valence-electron chi connectivity index (χ0n) is 4.44. The molecule has 0 spiro atoms. The summed E-state index contributed by atoms with van der Waals surface area (Å²) < 4.78 is 4.42. The molecule has 9 heavy (non-hydrogen) atoms. The molecule has 1 rings (SSSR count). The van der Waals surface area contributed by atoms with E-state index in [2.05, 4.69) is 14.8 Å². The van der Waals surface area contributed by atoms with Crippen LogP contribution in [0.4, 0.5) is 0 Å². The van der Waals surface area contributed by atoms with E-state index in [0.717, 1.165) is 0 Å². The molecule has 0 atom stereocenters. The van der Waals surface area contributed by atoms with Crippen LogP contribution in [0.2, 0.25) is 0 Å². The first-order valence-corrected chi connectivity index (χ1v) is 2.25. The van der Waals surface area contributed by atoms with Crippen LogP contribution >= 0.6 is 0 Å². The zero-order valence-corrected chi connectivity index (χ0v) is 4.44. The van der Waals surface area contributed by atoms with Gasteiger partial charge in [-0.2, -0.15) is 0 Å². The Hall–Kier alpha value is -1.48. The van der Waals surface area contributed by atoms with Gasteiger partial charge in [-0.25, -0.2) is 4.79 Å². The topological polar surface area (TPSA) is 75.1 Å². The Morgan fingerprint density at radius 2 is 2.67 bits per heavy atom. The molecule has 1 aliphatic rings. The molecule has 0 radical (unpaired) electrons. The summed E-state index contributed by atoms with van der Waals surface area (Å²) in [6, 6.07) is 0. The van der Waals surface area contributed by atoms with Gasteiger partial charge < -0.3 is 4.74 Å². The average Bonchev–Trinajstić information content (AvgIpc) is 2.17. The van der Waals surface area contributed by atoms with Gasteiger partial charge in [0.25, 0.3) is 0 Å². The fourth-order valence-electron chi connectivity index (χ4n) is 0.480. The summed E-state index contributed by atoms with van der Waals surface area (Å²) in [5.74, 6) is -0.447. The third kappa shape index (κ3) is 1.20. The molecular weight excluding hydrogens is 122 g/mol. The second-order valence-electron chi connectivity index (χ2n) is 1.43. The molecule has 5 nitrogen and oxygen atoms in total. The Bertz CT molecular complexity index is 214. The second-order valence-corrected chi connectivity index (χ2v) is 1.43. The number of ether oxygens (including phenoxy) is 1. The molecule has 0 aromatic heterocycles. The molecule has 0 fully saturated rings. The monoisotopic (exact) mass is 125 g/mol. The third-order valence-electron chi connectivity index (χ3n) is 0.820. The number of cyclic esters (lactones) is 1. The molecule has 0 bridgehead atoms. The maximum atomic E-state index is 10.2. The van der Waals surface area contributed by atoms with Crippen molar-refractivity contribution in [2.24, 2.45) is 5.11 Å². The van der Waals surface area contributed by atoms with Gasteiger partial charge in [0, 0.05) is 11.0 Å². The predicted molar refractivity (Wildman–Crippen MR) is 28.2 cm³/mol. The maximum absolute atomic E-state index is 10.2. The lowest BCUT2D eigenvalue weighted by Crippen LogP contribution is -1.90. The summed E-state index contributed by atoms with van der Waals surface area (Å²) in [5, 5.41) is 3.17. The van der Waals surface area contributed by atoms with Crippen LogP contribution in [0.25, 0.3) is 10.4 Å². The molecule has 1 heterocycles. The fourth-order valence-corrected chi connectivity index (χ4v) is 0.480. The Kier molecular flexibility index (Phi) is 1.38. The van der Waals surface area contributed by atoms with Crippen LogP contribution in [0.5, 0.6) is 0 Å². The van der Waals surface area contributed by atoms with E-state index in [9.17, 15) is 4.79 Å². The van der Waals surface area contributed by atoms with Crippen LogP contribution in [0, 0.1) is 0 Å². The number of rotatable bonds is 1. The van der Waals surface area contributed by atoms with Crippen molar-refractivity contribution >= 4 is 5.97 Å². The average molecular weight is 125 g/mol. The van der Waals surface area contributed by atoms with E-state index in [-0.39, 0.29) is 6.61 Å². The maximum Gasteiger partial charge on any atom is 0.331 e. The number of hydrogen-bond donors (Lipinski definition) is 0. The Balaban J connectivity index is 2.73. The van der Waals surface area contributed by atoms with Gasteiger partial charge in [0.15, 0.2) is 0 Å². The quantitative estimate of drug-likeness (QED) is 0.224. The molecule has 0 saturated heterocycles. The first-order chi connectivity index (χ1) is 4.33. The summed E-state index contributed by atoms with van der Waals surface area (Å²) in [4.78, 5) is 12.7. The van der Waals surface area contributed by atoms with E-state index in [0.29, 0.717) is 5.70 Å². The van der Waals surface area contributed by atoms with Gasteiger partial charge in [0.2, 0.25) is 0 Å². The summed E-state index contributed by atoms with van der Waals surface area (Å²) in [6.45, 7) is 0.100. The minimum Gasteiger partial charge on any atom is -0.458 e. The van der Waals surface area contributed by atoms with Crippen LogP contribution in [0.15, 0.2) is 16.9 Å². The summed E-state index contributed by atoms with van der Waals surface area (Å²) in [5.41, 5.74) is 8.20. The fraction of sp³-hybridized carbons (Fsp3) is 0.250. The van der Waals surface area contributed by atoms with Gasteiger partial charge in [0.05, 0.1) is 5.70 Å².